The van der Waals surface area contributed by atoms with E-state index in [1.807, 2.05) is 24.3 Å². The van der Waals surface area contributed by atoms with Crippen LogP contribution < -0.4 is 4.74 Å². The molecule has 0 spiro atoms. The van der Waals surface area contributed by atoms with Crippen molar-refractivity contribution in [1.82, 2.24) is 0 Å². The molecule has 0 heterocycles. The van der Waals surface area contributed by atoms with E-state index >= 15 is 0 Å². The fourth-order valence-electron chi connectivity index (χ4n) is 2.48. The van der Waals surface area contributed by atoms with Crippen molar-refractivity contribution in [3.63, 3.8) is 0 Å². The van der Waals surface area contributed by atoms with E-state index in [-0.39, 0.29) is 11.9 Å². The Bertz CT molecular complexity index is 642. The molecule has 20 heavy (non-hydrogen) atoms. The van der Waals surface area contributed by atoms with E-state index < -0.39 is 0 Å². The Morgan fingerprint density at radius 1 is 1.30 bits per heavy atom. The lowest BCUT2D eigenvalue weighted by atomic mass is 10.1. The lowest BCUT2D eigenvalue weighted by Gasteiger charge is -2.10. The van der Waals surface area contributed by atoms with Crippen molar-refractivity contribution in [2.75, 3.05) is 0 Å². The highest BCUT2D eigenvalue weighted by atomic mass is 79.9. The van der Waals surface area contributed by atoms with Crippen LogP contribution in [0, 0.1) is 5.82 Å². The number of rotatable bonds is 3. The number of ether oxygens (including phenoxy) is 1. The molecule has 3 rings (SSSR count). The van der Waals surface area contributed by atoms with Crippen molar-refractivity contribution >= 4 is 15.9 Å². The van der Waals surface area contributed by atoms with Gasteiger partial charge in [0.2, 0.25) is 0 Å². The number of hydrogen-bond acceptors (Lipinski definition) is 2. The van der Waals surface area contributed by atoms with Crippen molar-refractivity contribution < 1.29 is 14.2 Å². The molecule has 0 radical (unpaired) electrons. The Hall–Kier alpha value is -1.39. The van der Waals surface area contributed by atoms with Crippen molar-refractivity contribution in [3.05, 3.63) is 63.4 Å². The number of hydrogen-bond donors (Lipinski definition) is 1. The number of fused-ring (bicyclic) bond motifs is 1. The maximum atomic E-state index is 13.4. The molecule has 0 aromatic heterocycles. The van der Waals surface area contributed by atoms with E-state index in [9.17, 15) is 9.50 Å². The topological polar surface area (TPSA) is 29.5 Å². The third-order valence-electron chi connectivity index (χ3n) is 3.59. The molecule has 1 aliphatic carbocycles. The van der Waals surface area contributed by atoms with E-state index in [4.69, 9.17) is 4.74 Å². The van der Waals surface area contributed by atoms with E-state index in [1.165, 1.54) is 6.07 Å². The van der Waals surface area contributed by atoms with Crippen LogP contribution in [0.3, 0.4) is 0 Å². The van der Waals surface area contributed by atoms with Crippen LogP contribution in [0.5, 0.6) is 5.75 Å². The SMILES string of the molecule is O[C@@H]1CCc2cc(OCc3cccc(F)c3Br)ccc21. The fourth-order valence-corrected chi connectivity index (χ4v) is 2.86. The summed E-state index contributed by atoms with van der Waals surface area (Å²) in [7, 11) is 0. The predicted octanol–water partition coefficient (Wildman–Crippen LogP) is 4.15. The van der Waals surface area contributed by atoms with Gasteiger partial charge in [-0.2, -0.15) is 0 Å². The van der Waals surface area contributed by atoms with Crippen LogP contribution in [0.1, 0.15) is 29.2 Å². The molecule has 0 saturated heterocycles. The predicted molar refractivity (Wildman–Crippen MR) is 78.2 cm³/mol. The third kappa shape index (κ3) is 2.58. The Balaban J connectivity index is 1.74. The van der Waals surface area contributed by atoms with Gasteiger partial charge in [0, 0.05) is 5.56 Å². The second kappa shape index (κ2) is 5.54. The first kappa shape index (κ1) is 13.6. The molecule has 0 fully saturated rings. The Morgan fingerprint density at radius 3 is 3.00 bits per heavy atom. The van der Waals surface area contributed by atoms with Crippen LogP contribution in [-0.2, 0) is 13.0 Å². The first-order valence-electron chi connectivity index (χ1n) is 6.52. The van der Waals surface area contributed by atoms with Gasteiger partial charge < -0.3 is 9.84 Å². The molecule has 4 heteroatoms. The first-order valence-corrected chi connectivity index (χ1v) is 7.31. The molecule has 1 N–H and O–H groups in total. The summed E-state index contributed by atoms with van der Waals surface area (Å²) in [5.74, 6) is 0.456. The molecule has 1 atom stereocenters. The maximum absolute atomic E-state index is 13.4. The normalized spacial score (nSPS) is 17.1. The van der Waals surface area contributed by atoms with Gasteiger partial charge >= 0.3 is 0 Å². The van der Waals surface area contributed by atoms with Crippen LogP contribution in [-0.4, -0.2) is 5.11 Å². The van der Waals surface area contributed by atoms with Gasteiger partial charge in [0.05, 0.1) is 10.6 Å². The van der Waals surface area contributed by atoms with Gasteiger partial charge in [-0.15, -0.1) is 0 Å². The monoisotopic (exact) mass is 336 g/mol. The molecule has 2 aromatic rings. The van der Waals surface area contributed by atoms with Gasteiger partial charge in [-0.3, -0.25) is 0 Å². The largest absolute Gasteiger partial charge is 0.489 e. The molecular weight excluding hydrogens is 323 g/mol. The molecule has 2 aromatic carbocycles. The highest BCUT2D eigenvalue weighted by molar-refractivity contribution is 9.10. The van der Waals surface area contributed by atoms with Crippen molar-refractivity contribution in [3.8, 4) is 5.75 Å². The van der Waals surface area contributed by atoms with Gasteiger partial charge in [0.25, 0.3) is 0 Å². The minimum Gasteiger partial charge on any atom is -0.489 e. The smallest absolute Gasteiger partial charge is 0.137 e. The molecule has 0 bridgehead atoms. The maximum Gasteiger partial charge on any atom is 0.137 e. The number of halogens is 2. The van der Waals surface area contributed by atoms with Crippen molar-refractivity contribution in [2.24, 2.45) is 0 Å². The molecule has 0 saturated carbocycles. The summed E-state index contributed by atoms with van der Waals surface area (Å²) in [6.07, 6.45) is 1.29. The Kier molecular flexibility index (Phi) is 3.76. The lowest BCUT2D eigenvalue weighted by molar-refractivity contribution is 0.180. The Morgan fingerprint density at radius 2 is 2.15 bits per heavy atom. The summed E-state index contributed by atoms with van der Waals surface area (Å²) in [6.45, 7) is 0.305. The molecule has 0 amide bonds. The van der Waals surface area contributed by atoms with Gasteiger partial charge in [0.15, 0.2) is 0 Å². The number of benzene rings is 2. The van der Waals surface area contributed by atoms with Crippen LogP contribution >= 0.6 is 15.9 Å². The van der Waals surface area contributed by atoms with Gasteiger partial charge in [0.1, 0.15) is 18.2 Å². The van der Waals surface area contributed by atoms with Crippen molar-refractivity contribution in [2.45, 2.75) is 25.6 Å². The summed E-state index contributed by atoms with van der Waals surface area (Å²) in [6, 6.07) is 10.6. The van der Waals surface area contributed by atoms with Crippen LogP contribution in [0.4, 0.5) is 4.39 Å². The highest BCUT2D eigenvalue weighted by Crippen LogP contribution is 2.33. The fraction of sp³-hybridized carbons (Fsp3) is 0.250. The number of aliphatic hydroxyl groups is 1. The quantitative estimate of drug-likeness (QED) is 0.912. The number of aliphatic hydroxyl groups excluding tert-OH is 1. The van der Waals surface area contributed by atoms with Gasteiger partial charge in [-0.05, 0) is 58.1 Å². The average Bonchev–Trinajstić information content (AvgIpc) is 2.82. The van der Waals surface area contributed by atoms with Crippen LogP contribution in [0.25, 0.3) is 0 Å². The first-order chi connectivity index (χ1) is 9.65. The second-order valence-electron chi connectivity index (χ2n) is 4.92. The lowest BCUT2D eigenvalue weighted by Crippen LogP contribution is -1.98. The zero-order chi connectivity index (χ0) is 14.1. The summed E-state index contributed by atoms with van der Waals surface area (Å²) >= 11 is 3.22. The summed E-state index contributed by atoms with van der Waals surface area (Å²) < 4.78 is 19.5. The van der Waals surface area contributed by atoms with E-state index in [1.54, 1.807) is 6.07 Å². The molecule has 1 aliphatic rings. The van der Waals surface area contributed by atoms with E-state index in [0.717, 1.165) is 35.3 Å². The van der Waals surface area contributed by atoms with Crippen LogP contribution in [0.15, 0.2) is 40.9 Å². The Labute approximate surface area is 125 Å². The summed E-state index contributed by atoms with van der Waals surface area (Å²) in [5.41, 5.74) is 2.89. The highest BCUT2D eigenvalue weighted by Gasteiger charge is 2.20. The molecule has 104 valence electrons. The standard InChI is InChI=1S/C16H14BrFO2/c17-16-11(2-1-3-14(16)18)9-20-12-5-6-13-10(8-12)4-7-15(13)19/h1-3,5-6,8,15,19H,4,7,9H2/t15-/m1/s1. The minimum absolute atomic E-state index is 0.289. The van der Waals surface area contributed by atoms with Crippen molar-refractivity contribution in [1.29, 1.82) is 0 Å². The third-order valence-corrected chi connectivity index (χ3v) is 4.47. The molecule has 0 aliphatic heterocycles. The molecule has 2 nitrogen and oxygen atoms in total. The molecular formula is C16H14BrFO2. The summed E-state index contributed by atoms with van der Waals surface area (Å²) in [4.78, 5) is 0. The van der Waals surface area contributed by atoms with E-state index in [2.05, 4.69) is 15.9 Å². The van der Waals surface area contributed by atoms with E-state index in [0.29, 0.717) is 11.1 Å². The zero-order valence-electron chi connectivity index (χ0n) is 10.8. The van der Waals surface area contributed by atoms with Gasteiger partial charge in [-0.1, -0.05) is 18.2 Å². The average molecular weight is 337 g/mol. The number of aryl methyl sites for hydroxylation is 1. The summed E-state index contributed by atoms with van der Waals surface area (Å²) in [5, 5.41) is 9.76. The van der Waals surface area contributed by atoms with Crippen LogP contribution in [0.2, 0.25) is 0 Å². The van der Waals surface area contributed by atoms with Gasteiger partial charge in [-0.25, -0.2) is 4.39 Å². The molecule has 0 unspecified atom stereocenters. The second-order valence-corrected chi connectivity index (χ2v) is 5.71. The minimum atomic E-state index is -0.351. The zero-order valence-corrected chi connectivity index (χ0v) is 12.4.